The Morgan fingerprint density at radius 1 is 1.16 bits per heavy atom. The zero-order valence-electron chi connectivity index (χ0n) is 11.4. The van der Waals surface area contributed by atoms with Gasteiger partial charge in [0.05, 0.1) is 5.60 Å². The Morgan fingerprint density at radius 3 is 2.26 bits per heavy atom. The van der Waals surface area contributed by atoms with Crippen LogP contribution in [0.5, 0.6) is 0 Å². The summed E-state index contributed by atoms with van der Waals surface area (Å²) in [6.07, 6.45) is 5.29. The summed E-state index contributed by atoms with van der Waals surface area (Å²) in [4.78, 5) is 11.6. The van der Waals surface area contributed by atoms with Gasteiger partial charge in [0.2, 0.25) is 0 Å². The van der Waals surface area contributed by atoms with Crippen LogP contribution in [0.15, 0.2) is 0 Å². The van der Waals surface area contributed by atoms with E-state index >= 15 is 0 Å². The highest BCUT2D eigenvalue weighted by molar-refractivity contribution is 5.77. The van der Waals surface area contributed by atoms with Crippen molar-refractivity contribution < 1.29 is 19.7 Å². The molecular weight excluding hydrogens is 244 g/mol. The van der Waals surface area contributed by atoms with Crippen molar-refractivity contribution in [3.63, 3.8) is 0 Å². The van der Waals surface area contributed by atoms with Crippen LogP contribution in [0, 0.1) is 17.3 Å². The van der Waals surface area contributed by atoms with E-state index in [1.807, 2.05) is 6.92 Å². The number of aliphatic hydroxyl groups is 2. The van der Waals surface area contributed by atoms with Crippen LogP contribution in [0.2, 0.25) is 0 Å². The number of hydrogen-bond acceptors (Lipinski definition) is 4. The fourth-order valence-corrected chi connectivity index (χ4v) is 5.94. The van der Waals surface area contributed by atoms with Gasteiger partial charge in [-0.15, -0.1) is 0 Å². The minimum Gasteiger partial charge on any atom is -0.457 e. The van der Waals surface area contributed by atoms with Crippen LogP contribution in [0.3, 0.4) is 0 Å². The summed E-state index contributed by atoms with van der Waals surface area (Å²) in [7, 11) is 0. The van der Waals surface area contributed by atoms with Gasteiger partial charge in [-0.3, -0.25) is 0 Å². The topological polar surface area (TPSA) is 66.8 Å². The zero-order valence-corrected chi connectivity index (χ0v) is 11.4. The molecule has 5 aliphatic rings. The van der Waals surface area contributed by atoms with Gasteiger partial charge in [0.25, 0.3) is 0 Å². The summed E-state index contributed by atoms with van der Waals surface area (Å²) in [6, 6.07) is 0. The molecule has 4 unspecified atom stereocenters. The lowest BCUT2D eigenvalue weighted by molar-refractivity contribution is -0.226. The average Bonchev–Trinajstić information content (AvgIpc) is 2.50. The number of ether oxygens (including phenoxy) is 1. The molecule has 0 aromatic heterocycles. The summed E-state index contributed by atoms with van der Waals surface area (Å²) >= 11 is 0. The Balaban J connectivity index is 1.72. The van der Waals surface area contributed by atoms with Gasteiger partial charge in [-0.25, -0.2) is 4.79 Å². The first-order valence-corrected chi connectivity index (χ1v) is 7.47. The summed E-state index contributed by atoms with van der Waals surface area (Å²) in [6.45, 7) is 1.97. The molecule has 19 heavy (non-hydrogen) atoms. The molecule has 4 aliphatic carbocycles. The SMILES string of the molecule is CC1(C23CC4CC(CC(O)(C4)C2)C3)CC(O)C(=O)O1. The number of carbonyl (C=O) groups excluding carboxylic acids is 1. The molecule has 5 fully saturated rings. The van der Waals surface area contributed by atoms with Crippen molar-refractivity contribution in [1.29, 1.82) is 0 Å². The van der Waals surface area contributed by atoms with Gasteiger partial charge >= 0.3 is 5.97 Å². The highest BCUT2D eigenvalue weighted by Crippen LogP contribution is 2.67. The Morgan fingerprint density at radius 2 is 1.79 bits per heavy atom. The molecule has 1 heterocycles. The van der Waals surface area contributed by atoms with Crippen molar-refractivity contribution in [3.05, 3.63) is 0 Å². The van der Waals surface area contributed by atoms with E-state index < -0.39 is 23.3 Å². The van der Waals surface area contributed by atoms with Crippen molar-refractivity contribution in [2.45, 2.75) is 69.2 Å². The van der Waals surface area contributed by atoms with Crippen molar-refractivity contribution in [2.75, 3.05) is 0 Å². The van der Waals surface area contributed by atoms with Gasteiger partial charge in [-0.1, -0.05) is 0 Å². The van der Waals surface area contributed by atoms with Crippen LogP contribution in [-0.4, -0.2) is 33.5 Å². The number of cyclic esters (lactones) is 1. The molecule has 106 valence electrons. The van der Waals surface area contributed by atoms with Gasteiger partial charge in [0, 0.05) is 11.8 Å². The number of hydrogen-bond donors (Lipinski definition) is 2. The molecule has 4 atom stereocenters. The van der Waals surface area contributed by atoms with Crippen molar-refractivity contribution in [3.8, 4) is 0 Å². The van der Waals surface area contributed by atoms with E-state index in [-0.39, 0.29) is 5.41 Å². The molecular formula is C15H22O4. The quantitative estimate of drug-likeness (QED) is 0.704. The zero-order chi connectivity index (χ0) is 13.5. The highest BCUT2D eigenvalue weighted by atomic mass is 16.6. The van der Waals surface area contributed by atoms with E-state index in [0.29, 0.717) is 18.3 Å². The van der Waals surface area contributed by atoms with Crippen molar-refractivity contribution in [2.24, 2.45) is 17.3 Å². The third kappa shape index (κ3) is 1.50. The number of aliphatic hydroxyl groups excluding tert-OH is 1. The Kier molecular flexibility index (Phi) is 2.14. The number of carbonyl (C=O) groups is 1. The molecule has 4 bridgehead atoms. The predicted octanol–water partition coefficient (Wildman–Crippen LogP) is 1.38. The summed E-state index contributed by atoms with van der Waals surface area (Å²) in [5.74, 6) is 0.657. The van der Waals surface area contributed by atoms with Crippen LogP contribution in [0.4, 0.5) is 0 Å². The molecule has 1 saturated heterocycles. The first kappa shape index (κ1) is 12.2. The average molecular weight is 266 g/mol. The minimum atomic E-state index is -0.979. The van der Waals surface area contributed by atoms with E-state index in [1.165, 1.54) is 6.42 Å². The van der Waals surface area contributed by atoms with E-state index in [9.17, 15) is 15.0 Å². The fraction of sp³-hybridized carbons (Fsp3) is 0.933. The lowest BCUT2D eigenvalue weighted by Gasteiger charge is -2.64. The summed E-state index contributed by atoms with van der Waals surface area (Å²) in [5.41, 5.74) is -1.25. The fourth-order valence-electron chi connectivity index (χ4n) is 5.94. The maximum atomic E-state index is 11.6. The molecule has 4 saturated carbocycles. The molecule has 0 spiro atoms. The normalized spacial score (nSPS) is 59.5. The van der Waals surface area contributed by atoms with E-state index in [2.05, 4.69) is 0 Å². The van der Waals surface area contributed by atoms with Crippen LogP contribution in [0.25, 0.3) is 0 Å². The van der Waals surface area contributed by atoms with Crippen LogP contribution >= 0.6 is 0 Å². The molecule has 0 aromatic rings. The van der Waals surface area contributed by atoms with Crippen LogP contribution in [0.1, 0.15) is 51.9 Å². The Bertz CT molecular complexity index is 431. The largest absolute Gasteiger partial charge is 0.457 e. The second kappa shape index (κ2) is 3.34. The summed E-state index contributed by atoms with van der Waals surface area (Å²) in [5, 5.41) is 20.5. The van der Waals surface area contributed by atoms with Gasteiger partial charge in [-0.2, -0.15) is 0 Å². The third-order valence-corrected chi connectivity index (χ3v) is 6.33. The first-order valence-electron chi connectivity index (χ1n) is 7.47. The number of rotatable bonds is 1. The third-order valence-electron chi connectivity index (χ3n) is 6.33. The van der Waals surface area contributed by atoms with Crippen LogP contribution in [-0.2, 0) is 9.53 Å². The molecule has 5 rings (SSSR count). The lowest BCUT2D eigenvalue weighted by atomic mass is 9.44. The second-order valence-corrected chi connectivity index (χ2v) is 7.84. The lowest BCUT2D eigenvalue weighted by Crippen LogP contribution is -2.62. The standard InChI is InChI=1S/C15H22O4/c1-13(7-11(16)12(17)19-13)14-3-9-2-10(4-14)6-15(18,5-9)8-14/h9-11,16,18H,2-8H2,1H3. The first-order chi connectivity index (χ1) is 8.83. The molecule has 0 aromatic carbocycles. The smallest absolute Gasteiger partial charge is 0.335 e. The molecule has 1 aliphatic heterocycles. The number of esters is 1. The van der Waals surface area contributed by atoms with Crippen molar-refractivity contribution >= 4 is 5.97 Å². The maximum Gasteiger partial charge on any atom is 0.335 e. The predicted molar refractivity (Wildman–Crippen MR) is 67.2 cm³/mol. The minimum absolute atomic E-state index is 0.112. The molecule has 2 N–H and O–H groups in total. The van der Waals surface area contributed by atoms with Gasteiger partial charge in [0.15, 0.2) is 6.10 Å². The summed E-state index contributed by atoms with van der Waals surface area (Å²) < 4.78 is 5.59. The molecule has 0 amide bonds. The van der Waals surface area contributed by atoms with E-state index in [1.54, 1.807) is 0 Å². The second-order valence-electron chi connectivity index (χ2n) is 7.84. The Hall–Kier alpha value is -0.610. The molecule has 0 radical (unpaired) electrons. The van der Waals surface area contributed by atoms with Gasteiger partial charge in [-0.05, 0) is 57.3 Å². The Labute approximate surface area is 113 Å². The van der Waals surface area contributed by atoms with E-state index in [4.69, 9.17) is 4.74 Å². The highest BCUT2D eigenvalue weighted by Gasteiger charge is 2.66. The van der Waals surface area contributed by atoms with Gasteiger partial charge < -0.3 is 14.9 Å². The molecule has 4 heteroatoms. The van der Waals surface area contributed by atoms with Crippen LogP contribution < -0.4 is 0 Å². The maximum absolute atomic E-state index is 11.6. The monoisotopic (exact) mass is 266 g/mol. The molecule has 4 nitrogen and oxygen atoms in total. The van der Waals surface area contributed by atoms with Crippen molar-refractivity contribution in [1.82, 2.24) is 0 Å². The van der Waals surface area contributed by atoms with E-state index in [0.717, 1.165) is 32.1 Å². The van der Waals surface area contributed by atoms with Gasteiger partial charge in [0.1, 0.15) is 5.60 Å².